The van der Waals surface area contributed by atoms with Gasteiger partial charge in [0.25, 0.3) is 0 Å². The van der Waals surface area contributed by atoms with Crippen LogP contribution in [-0.4, -0.2) is 15.9 Å². The summed E-state index contributed by atoms with van der Waals surface area (Å²) in [5, 5.41) is 21.3. The zero-order valence-electron chi connectivity index (χ0n) is 5.02. The average molecular weight is 142 g/mol. The molecular formula is C5H6N2O3. The van der Waals surface area contributed by atoms with Gasteiger partial charge < -0.3 is 5.11 Å². The van der Waals surface area contributed by atoms with E-state index >= 15 is 0 Å². The Morgan fingerprint density at radius 1 is 1.60 bits per heavy atom. The van der Waals surface area contributed by atoms with E-state index in [2.05, 4.69) is 5.32 Å². The lowest BCUT2D eigenvalue weighted by atomic mass is 10.3. The molecular weight excluding hydrogens is 136 g/mol. The maximum absolute atomic E-state index is 10.1. The van der Waals surface area contributed by atoms with E-state index in [1.807, 2.05) is 0 Å². The maximum atomic E-state index is 10.1. The van der Waals surface area contributed by atoms with Gasteiger partial charge in [0.05, 0.1) is 4.92 Å². The number of aliphatic hydroxyl groups is 1. The van der Waals surface area contributed by atoms with Gasteiger partial charge in [-0.05, 0) is 6.08 Å². The van der Waals surface area contributed by atoms with Crippen molar-refractivity contribution in [3.8, 4) is 0 Å². The highest BCUT2D eigenvalue weighted by atomic mass is 16.7. The van der Waals surface area contributed by atoms with Crippen molar-refractivity contribution in [2.75, 3.05) is 0 Å². The van der Waals surface area contributed by atoms with Gasteiger partial charge in [0.1, 0.15) is 0 Å². The van der Waals surface area contributed by atoms with E-state index in [0.29, 0.717) is 0 Å². The molecule has 0 saturated heterocycles. The number of nitrogens with one attached hydrogen (secondary N) is 1. The minimum Gasteiger partial charge on any atom is -0.309 e. The zero-order chi connectivity index (χ0) is 7.61. The molecule has 1 unspecified atom stereocenters. The van der Waals surface area contributed by atoms with Gasteiger partial charge in [-0.1, -0.05) is 6.08 Å². The molecule has 5 heteroatoms. The van der Waals surface area contributed by atoms with E-state index in [1.165, 1.54) is 12.3 Å². The molecule has 0 spiro atoms. The SMILES string of the molecule is O=[N+]([O-])C1(O)C=CC=CN1. The topological polar surface area (TPSA) is 75.4 Å². The zero-order valence-corrected chi connectivity index (χ0v) is 5.02. The summed E-state index contributed by atoms with van der Waals surface area (Å²) in [7, 11) is 0. The maximum Gasteiger partial charge on any atom is 0.425 e. The monoisotopic (exact) mass is 142 g/mol. The summed E-state index contributed by atoms with van der Waals surface area (Å²) in [5.74, 6) is -2.12. The molecule has 1 aliphatic rings. The van der Waals surface area contributed by atoms with Crippen LogP contribution in [-0.2, 0) is 0 Å². The summed E-state index contributed by atoms with van der Waals surface area (Å²) in [6.07, 6.45) is 5.33. The van der Waals surface area contributed by atoms with Crippen molar-refractivity contribution < 1.29 is 10.0 Å². The third-order valence-corrected chi connectivity index (χ3v) is 1.11. The first-order chi connectivity index (χ1) is 4.65. The van der Waals surface area contributed by atoms with E-state index < -0.39 is 10.8 Å². The molecule has 1 aliphatic heterocycles. The number of dihydropyridines is 1. The number of hydrogen-bond acceptors (Lipinski definition) is 4. The summed E-state index contributed by atoms with van der Waals surface area (Å²) in [6, 6.07) is 0. The second-order valence-corrected chi connectivity index (χ2v) is 1.85. The number of rotatable bonds is 1. The van der Waals surface area contributed by atoms with Gasteiger partial charge >= 0.3 is 5.85 Å². The first-order valence-electron chi connectivity index (χ1n) is 2.64. The van der Waals surface area contributed by atoms with Crippen molar-refractivity contribution in [1.29, 1.82) is 0 Å². The molecule has 10 heavy (non-hydrogen) atoms. The lowest BCUT2D eigenvalue weighted by Gasteiger charge is -2.16. The van der Waals surface area contributed by atoms with Gasteiger partial charge in [0.15, 0.2) is 0 Å². The fourth-order valence-electron chi connectivity index (χ4n) is 0.578. The molecule has 0 aromatic carbocycles. The van der Waals surface area contributed by atoms with Crippen molar-refractivity contribution in [2.45, 2.75) is 5.85 Å². The Labute approximate surface area is 56.8 Å². The van der Waals surface area contributed by atoms with Crippen LogP contribution in [0.3, 0.4) is 0 Å². The van der Waals surface area contributed by atoms with Crippen LogP contribution in [0.15, 0.2) is 24.4 Å². The predicted octanol–water partition coefficient (Wildman–Crippen LogP) is -0.418. The Kier molecular flexibility index (Phi) is 1.42. The minimum atomic E-state index is -2.12. The van der Waals surface area contributed by atoms with Crippen molar-refractivity contribution >= 4 is 0 Å². The van der Waals surface area contributed by atoms with E-state index in [4.69, 9.17) is 5.11 Å². The molecule has 0 bridgehead atoms. The predicted molar refractivity (Wildman–Crippen MR) is 33.4 cm³/mol. The Bertz CT molecular complexity index is 211. The van der Waals surface area contributed by atoms with Crippen LogP contribution in [0.1, 0.15) is 0 Å². The molecule has 0 amide bonds. The summed E-state index contributed by atoms with van der Waals surface area (Å²) >= 11 is 0. The third-order valence-electron chi connectivity index (χ3n) is 1.11. The van der Waals surface area contributed by atoms with Crippen LogP contribution in [0, 0.1) is 10.1 Å². The molecule has 1 heterocycles. The van der Waals surface area contributed by atoms with Gasteiger partial charge in [-0.15, -0.1) is 0 Å². The van der Waals surface area contributed by atoms with Gasteiger partial charge in [-0.3, -0.25) is 15.4 Å². The molecule has 0 saturated carbocycles. The highest BCUT2D eigenvalue weighted by Gasteiger charge is 2.36. The van der Waals surface area contributed by atoms with Crippen molar-refractivity contribution in [2.24, 2.45) is 0 Å². The van der Waals surface area contributed by atoms with Crippen LogP contribution >= 0.6 is 0 Å². The Morgan fingerprint density at radius 2 is 2.30 bits per heavy atom. The van der Waals surface area contributed by atoms with Crippen molar-refractivity contribution in [3.05, 3.63) is 34.5 Å². The molecule has 1 atom stereocenters. The molecule has 0 aromatic rings. The second-order valence-electron chi connectivity index (χ2n) is 1.85. The van der Waals surface area contributed by atoms with E-state index in [9.17, 15) is 10.1 Å². The normalized spacial score (nSPS) is 29.7. The van der Waals surface area contributed by atoms with E-state index in [0.717, 1.165) is 6.08 Å². The smallest absolute Gasteiger partial charge is 0.309 e. The van der Waals surface area contributed by atoms with Crippen LogP contribution < -0.4 is 5.32 Å². The number of allylic oxidation sites excluding steroid dienone is 2. The largest absolute Gasteiger partial charge is 0.425 e. The Balaban J connectivity index is 2.80. The molecule has 2 N–H and O–H groups in total. The van der Waals surface area contributed by atoms with Crippen LogP contribution in [0.4, 0.5) is 0 Å². The number of nitro groups is 1. The molecule has 0 fully saturated rings. The summed E-state index contributed by atoms with van der Waals surface area (Å²) in [6.45, 7) is 0. The standard InChI is InChI=1S/C5H6N2O3/c8-5(7(9)10)3-1-2-4-6-5/h1-4,6,8H. The second kappa shape index (κ2) is 2.11. The molecule has 5 nitrogen and oxygen atoms in total. The third kappa shape index (κ3) is 0.985. The van der Waals surface area contributed by atoms with Crippen molar-refractivity contribution in [3.63, 3.8) is 0 Å². The summed E-state index contributed by atoms with van der Waals surface area (Å²) in [5.41, 5.74) is 0. The summed E-state index contributed by atoms with van der Waals surface area (Å²) in [4.78, 5) is 9.27. The molecule has 0 aliphatic carbocycles. The lowest BCUT2D eigenvalue weighted by molar-refractivity contribution is -0.614. The van der Waals surface area contributed by atoms with Crippen molar-refractivity contribution in [1.82, 2.24) is 5.32 Å². The van der Waals surface area contributed by atoms with Crippen LogP contribution in [0.2, 0.25) is 0 Å². The molecule has 54 valence electrons. The minimum absolute atomic E-state index is 0.812. The highest BCUT2D eigenvalue weighted by Crippen LogP contribution is 2.06. The Hall–Kier alpha value is -1.36. The van der Waals surface area contributed by atoms with Gasteiger partial charge in [0, 0.05) is 12.3 Å². The van der Waals surface area contributed by atoms with E-state index in [-0.39, 0.29) is 0 Å². The average Bonchev–Trinajstić information content (AvgIpc) is 1.89. The van der Waals surface area contributed by atoms with Crippen LogP contribution in [0.25, 0.3) is 0 Å². The molecule has 1 rings (SSSR count). The molecule has 0 aromatic heterocycles. The first kappa shape index (κ1) is 6.76. The lowest BCUT2D eigenvalue weighted by Crippen LogP contribution is -2.48. The van der Waals surface area contributed by atoms with E-state index in [1.54, 1.807) is 6.08 Å². The summed E-state index contributed by atoms with van der Waals surface area (Å²) < 4.78 is 0. The van der Waals surface area contributed by atoms with Gasteiger partial charge in [0.2, 0.25) is 0 Å². The van der Waals surface area contributed by atoms with Gasteiger partial charge in [-0.25, -0.2) is 0 Å². The number of nitrogens with zero attached hydrogens (tertiary/aromatic N) is 1. The fraction of sp³-hybridized carbons (Fsp3) is 0.200. The number of hydrogen-bond donors (Lipinski definition) is 2. The van der Waals surface area contributed by atoms with Crippen LogP contribution in [0.5, 0.6) is 0 Å². The first-order valence-corrected chi connectivity index (χ1v) is 2.64. The van der Waals surface area contributed by atoms with Gasteiger partial charge in [-0.2, -0.15) is 0 Å². The molecule has 0 radical (unpaired) electrons. The Morgan fingerprint density at radius 3 is 2.60 bits per heavy atom. The quantitative estimate of drug-likeness (QED) is 0.296. The fourth-order valence-corrected chi connectivity index (χ4v) is 0.578. The highest BCUT2D eigenvalue weighted by molar-refractivity contribution is 5.11.